The fourth-order valence-electron chi connectivity index (χ4n) is 4.45. The number of rotatable bonds is 4. The maximum absolute atomic E-state index is 5.54. The molecule has 5 heteroatoms. The summed E-state index contributed by atoms with van der Waals surface area (Å²) in [6, 6.07) is 14.4. The Morgan fingerprint density at radius 1 is 0.962 bits per heavy atom. The summed E-state index contributed by atoms with van der Waals surface area (Å²) in [5.41, 5.74) is 3.72. The smallest absolute Gasteiger partial charge is 0.117 e. The first-order valence-corrected chi connectivity index (χ1v) is 9.18. The highest BCUT2D eigenvalue weighted by Gasteiger charge is 2.48. The molecule has 0 N–H and O–H groups in total. The first kappa shape index (κ1) is 15.6. The second kappa shape index (κ2) is 6.25. The van der Waals surface area contributed by atoms with Gasteiger partial charge in [0, 0.05) is 30.9 Å². The molecule has 0 aliphatic carbocycles. The van der Waals surface area contributed by atoms with E-state index in [9.17, 15) is 0 Å². The summed E-state index contributed by atoms with van der Waals surface area (Å²) >= 11 is 0. The van der Waals surface area contributed by atoms with Gasteiger partial charge >= 0.3 is 0 Å². The lowest BCUT2D eigenvalue weighted by Gasteiger charge is -2.25. The number of fused-ring (bicyclic) bond motifs is 2. The average molecular weight is 346 g/mol. The Balaban J connectivity index is 1.40. The van der Waals surface area contributed by atoms with Crippen LogP contribution in [0, 0.1) is 0 Å². The second-order valence-electron chi connectivity index (χ2n) is 7.37. The third kappa shape index (κ3) is 2.69. The summed E-state index contributed by atoms with van der Waals surface area (Å²) in [5.74, 6) is 1.03. The molecule has 26 heavy (non-hydrogen) atoms. The Bertz CT molecular complexity index is 880. The summed E-state index contributed by atoms with van der Waals surface area (Å²) in [6.45, 7) is 4.81. The van der Waals surface area contributed by atoms with Crippen LogP contribution in [0.3, 0.4) is 0 Å². The Labute approximate surface area is 153 Å². The fourth-order valence-corrected chi connectivity index (χ4v) is 4.45. The summed E-state index contributed by atoms with van der Waals surface area (Å²) < 4.78 is 5.54. The van der Waals surface area contributed by atoms with Gasteiger partial charge in [0.25, 0.3) is 0 Å². The summed E-state index contributed by atoms with van der Waals surface area (Å²) in [4.78, 5) is 14.2. The number of pyridine rings is 2. The fraction of sp³-hybridized carbons (Fsp3) is 0.333. The lowest BCUT2D eigenvalue weighted by molar-refractivity contribution is 0.278. The van der Waals surface area contributed by atoms with Gasteiger partial charge in [0.2, 0.25) is 0 Å². The van der Waals surface area contributed by atoms with Gasteiger partial charge in [0.1, 0.15) is 5.76 Å². The standard InChI is InChI=1S/C21H22N4O/c1-2-9-22-17(5-1)13-25-16-21(20-19(25)7-3-10-23-20)8-11-24(15-21)14-18-6-4-12-26-18/h1-7,9-10,12H,8,11,13-16H2. The molecular weight excluding hydrogens is 324 g/mol. The van der Waals surface area contributed by atoms with Crippen LogP contribution in [0.4, 0.5) is 5.69 Å². The molecule has 5 rings (SSSR count). The number of hydrogen-bond acceptors (Lipinski definition) is 5. The monoisotopic (exact) mass is 346 g/mol. The topological polar surface area (TPSA) is 45.4 Å². The second-order valence-corrected chi connectivity index (χ2v) is 7.37. The maximum atomic E-state index is 5.54. The lowest BCUT2D eigenvalue weighted by Crippen LogP contribution is -2.36. The quantitative estimate of drug-likeness (QED) is 0.726. The Kier molecular flexibility index (Phi) is 3.75. The van der Waals surface area contributed by atoms with Crippen molar-refractivity contribution in [2.45, 2.75) is 24.9 Å². The molecule has 2 aliphatic heterocycles. The van der Waals surface area contributed by atoms with E-state index in [0.717, 1.165) is 50.6 Å². The van der Waals surface area contributed by atoms with Gasteiger partial charge in [-0.05, 0) is 49.4 Å². The van der Waals surface area contributed by atoms with E-state index in [1.165, 1.54) is 11.4 Å². The van der Waals surface area contributed by atoms with Crippen LogP contribution in [0.15, 0.2) is 65.5 Å². The van der Waals surface area contributed by atoms with Gasteiger partial charge in [-0.1, -0.05) is 6.07 Å². The first-order chi connectivity index (χ1) is 12.8. The molecule has 0 saturated carbocycles. The predicted octanol–water partition coefficient (Wildman–Crippen LogP) is 3.23. The molecule has 132 valence electrons. The molecule has 3 aromatic heterocycles. The van der Waals surface area contributed by atoms with E-state index in [4.69, 9.17) is 9.40 Å². The molecule has 0 radical (unpaired) electrons. The van der Waals surface area contributed by atoms with Crippen LogP contribution in [0.5, 0.6) is 0 Å². The number of furan rings is 1. The molecule has 5 heterocycles. The zero-order valence-corrected chi connectivity index (χ0v) is 14.7. The molecule has 0 amide bonds. The highest BCUT2D eigenvalue weighted by atomic mass is 16.3. The number of nitrogens with zero attached hydrogens (tertiary/aromatic N) is 4. The molecule has 1 spiro atoms. The molecule has 3 aromatic rings. The number of hydrogen-bond donors (Lipinski definition) is 0. The molecule has 0 bridgehead atoms. The molecule has 1 fully saturated rings. The molecule has 5 nitrogen and oxygen atoms in total. The Morgan fingerprint density at radius 2 is 1.92 bits per heavy atom. The minimum atomic E-state index is 0.109. The van der Waals surface area contributed by atoms with Crippen LogP contribution in [0.2, 0.25) is 0 Å². The average Bonchev–Trinajstić information content (AvgIpc) is 3.39. The van der Waals surface area contributed by atoms with E-state index in [2.05, 4.69) is 39.0 Å². The van der Waals surface area contributed by atoms with Gasteiger partial charge in [-0.25, -0.2) is 0 Å². The maximum Gasteiger partial charge on any atom is 0.117 e. The van der Waals surface area contributed by atoms with Gasteiger partial charge in [0.15, 0.2) is 0 Å². The number of likely N-dealkylation sites (tertiary alicyclic amines) is 1. The summed E-state index contributed by atoms with van der Waals surface area (Å²) in [5, 5.41) is 0. The van der Waals surface area contributed by atoms with Gasteiger partial charge in [0.05, 0.1) is 36.4 Å². The van der Waals surface area contributed by atoms with E-state index in [0.29, 0.717) is 0 Å². The van der Waals surface area contributed by atoms with Crippen molar-refractivity contribution in [3.8, 4) is 0 Å². The van der Waals surface area contributed by atoms with Crippen molar-refractivity contribution in [2.75, 3.05) is 24.5 Å². The van der Waals surface area contributed by atoms with Crippen molar-refractivity contribution >= 4 is 5.69 Å². The van der Waals surface area contributed by atoms with Crippen molar-refractivity contribution in [3.63, 3.8) is 0 Å². The highest BCUT2D eigenvalue weighted by molar-refractivity contribution is 5.60. The third-order valence-corrected chi connectivity index (χ3v) is 5.59. The van der Waals surface area contributed by atoms with Gasteiger partial charge in [-0.15, -0.1) is 0 Å². The van der Waals surface area contributed by atoms with E-state index >= 15 is 0 Å². The molecule has 2 aliphatic rings. The molecule has 1 saturated heterocycles. The summed E-state index contributed by atoms with van der Waals surface area (Å²) in [6.07, 6.45) is 6.69. The number of aromatic nitrogens is 2. The summed E-state index contributed by atoms with van der Waals surface area (Å²) in [7, 11) is 0. The zero-order chi connectivity index (χ0) is 17.4. The van der Waals surface area contributed by atoms with Gasteiger partial charge < -0.3 is 9.32 Å². The van der Waals surface area contributed by atoms with Gasteiger partial charge in [-0.3, -0.25) is 14.9 Å². The van der Waals surface area contributed by atoms with Crippen molar-refractivity contribution in [2.24, 2.45) is 0 Å². The van der Waals surface area contributed by atoms with Crippen molar-refractivity contribution in [1.29, 1.82) is 0 Å². The highest BCUT2D eigenvalue weighted by Crippen LogP contribution is 2.45. The minimum absolute atomic E-state index is 0.109. The molecule has 1 atom stereocenters. The molecular formula is C21H22N4O. The first-order valence-electron chi connectivity index (χ1n) is 9.18. The minimum Gasteiger partial charge on any atom is -0.468 e. The Morgan fingerprint density at radius 3 is 2.77 bits per heavy atom. The molecule has 1 unspecified atom stereocenters. The van der Waals surface area contributed by atoms with Crippen LogP contribution in [-0.2, 0) is 18.5 Å². The van der Waals surface area contributed by atoms with Crippen LogP contribution in [-0.4, -0.2) is 34.5 Å². The van der Waals surface area contributed by atoms with E-state index in [-0.39, 0.29) is 5.41 Å². The molecule has 0 aromatic carbocycles. The lowest BCUT2D eigenvalue weighted by atomic mass is 9.85. The van der Waals surface area contributed by atoms with Crippen molar-refractivity contribution in [1.82, 2.24) is 14.9 Å². The largest absolute Gasteiger partial charge is 0.468 e. The van der Waals surface area contributed by atoms with E-state index in [1.54, 1.807) is 6.26 Å². The van der Waals surface area contributed by atoms with E-state index < -0.39 is 0 Å². The predicted molar refractivity (Wildman–Crippen MR) is 99.8 cm³/mol. The van der Waals surface area contributed by atoms with Crippen LogP contribution in [0.1, 0.15) is 23.6 Å². The Hall–Kier alpha value is -2.66. The van der Waals surface area contributed by atoms with Crippen molar-refractivity contribution in [3.05, 3.63) is 78.3 Å². The van der Waals surface area contributed by atoms with Crippen molar-refractivity contribution < 1.29 is 4.42 Å². The zero-order valence-electron chi connectivity index (χ0n) is 14.7. The normalized spacial score (nSPS) is 22.2. The van der Waals surface area contributed by atoms with Crippen LogP contribution >= 0.6 is 0 Å². The third-order valence-electron chi connectivity index (χ3n) is 5.59. The van der Waals surface area contributed by atoms with E-state index in [1.807, 2.05) is 30.6 Å². The SMILES string of the molecule is c1ccc(CN2CC3(CCN(Cc4ccco4)C3)c3ncccc32)nc1. The van der Waals surface area contributed by atoms with Crippen LogP contribution in [0.25, 0.3) is 0 Å². The number of anilines is 1. The van der Waals surface area contributed by atoms with Crippen LogP contribution < -0.4 is 4.90 Å². The van der Waals surface area contributed by atoms with Gasteiger partial charge in [-0.2, -0.15) is 0 Å².